The fourth-order valence-electron chi connectivity index (χ4n) is 2.78. The quantitative estimate of drug-likeness (QED) is 0.403. The third-order valence-electron chi connectivity index (χ3n) is 4.23. The van der Waals surface area contributed by atoms with Gasteiger partial charge in [0.25, 0.3) is 5.91 Å². The van der Waals surface area contributed by atoms with E-state index >= 15 is 0 Å². The maximum Gasteiger partial charge on any atom is 0.259 e. The number of aryl methyl sites for hydroxylation is 1. The van der Waals surface area contributed by atoms with Gasteiger partial charge in [0, 0.05) is 12.6 Å². The molecule has 0 unspecified atom stereocenters. The Morgan fingerprint density at radius 3 is 2.42 bits per heavy atom. The number of amides is 1. The Hall–Kier alpha value is -3.84. The van der Waals surface area contributed by atoms with E-state index < -0.39 is 0 Å². The summed E-state index contributed by atoms with van der Waals surface area (Å²) in [5.74, 6) is 2.13. The van der Waals surface area contributed by atoms with E-state index in [9.17, 15) is 4.79 Å². The van der Waals surface area contributed by atoms with Gasteiger partial charge in [0.05, 0.1) is 10.6 Å². The molecule has 8 heteroatoms. The van der Waals surface area contributed by atoms with Gasteiger partial charge < -0.3 is 19.3 Å². The summed E-state index contributed by atoms with van der Waals surface area (Å²) in [6.45, 7) is 1.79. The molecule has 4 aromatic rings. The summed E-state index contributed by atoms with van der Waals surface area (Å²) in [6, 6.07) is 21.1. The smallest absolute Gasteiger partial charge is 0.259 e. The van der Waals surface area contributed by atoms with Crippen molar-refractivity contribution in [3.8, 4) is 17.2 Å². The van der Waals surface area contributed by atoms with Crippen LogP contribution >= 0.6 is 11.6 Å². The number of aromatic nitrogens is 2. The van der Waals surface area contributed by atoms with E-state index in [0.29, 0.717) is 45.2 Å². The first-order chi connectivity index (χ1) is 15.1. The Bertz CT molecular complexity index is 1190. The van der Waals surface area contributed by atoms with E-state index in [1.54, 1.807) is 67.6 Å². The topological polar surface area (TPSA) is 86.5 Å². The highest BCUT2D eigenvalue weighted by atomic mass is 35.5. The second-order valence-electron chi connectivity index (χ2n) is 6.53. The van der Waals surface area contributed by atoms with Crippen LogP contribution in [0.2, 0.25) is 5.02 Å². The van der Waals surface area contributed by atoms with Crippen molar-refractivity contribution < 1.29 is 18.8 Å². The average Bonchev–Trinajstić information content (AvgIpc) is 3.20. The lowest BCUT2D eigenvalue weighted by Crippen LogP contribution is -2.13. The summed E-state index contributed by atoms with van der Waals surface area (Å²) in [6.07, 6.45) is 0. The van der Waals surface area contributed by atoms with Gasteiger partial charge in [-0.1, -0.05) is 41.0 Å². The van der Waals surface area contributed by atoms with E-state index in [0.717, 1.165) is 0 Å². The lowest BCUT2D eigenvalue weighted by molar-refractivity contribution is 0.102. The van der Waals surface area contributed by atoms with Crippen molar-refractivity contribution in [1.29, 1.82) is 0 Å². The number of nitrogens with one attached hydrogen (secondary N) is 1. The van der Waals surface area contributed by atoms with Gasteiger partial charge in [0.2, 0.25) is 11.7 Å². The molecule has 0 saturated heterocycles. The van der Waals surface area contributed by atoms with Crippen molar-refractivity contribution in [3.05, 3.63) is 95.1 Å². The van der Waals surface area contributed by atoms with Crippen LogP contribution in [0, 0.1) is 6.92 Å². The van der Waals surface area contributed by atoms with Crippen LogP contribution in [0.1, 0.15) is 22.1 Å². The van der Waals surface area contributed by atoms with Gasteiger partial charge in [-0.2, -0.15) is 4.98 Å². The predicted octanol–water partition coefficient (Wildman–Crippen LogP) is 5.66. The minimum Gasteiger partial charge on any atom is -0.485 e. The maximum atomic E-state index is 12.8. The lowest BCUT2D eigenvalue weighted by Gasteiger charge is -2.11. The Morgan fingerprint density at radius 2 is 1.71 bits per heavy atom. The number of ether oxygens (including phenoxy) is 2. The Labute approximate surface area is 183 Å². The van der Waals surface area contributed by atoms with Crippen molar-refractivity contribution in [1.82, 2.24) is 10.1 Å². The van der Waals surface area contributed by atoms with Crippen molar-refractivity contribution in [2.75, 3.05) is 5.32 Å². The molecule has 0 atom stereocenters. The number of hydrogen-bond acceptors (Lipinski definition) is 6. The molecular weight excluding hydrogens is 418 g/mol. The molecule has 0 aliphatic rings. The first-order valence-electron chi connectivity index (χ1n) is 9.43. The number of rotatable bonds is 7. The van der Waals surface area contributed by atoms with Crippen LogP contribution in [0.15, 0.2) is 77.3 Å². The molecule has 1 N–H and O–H groups in total. The van der Waals surface area contributed by atoms with Crippen LogP contribution in [-0.4, -0.2) is 16.0 Å². The van der Waals surface area contributed by atoms with Crippen LogP contribution in [0.3, 0.4) is 0 Å². The summed E-state index contributed by atoms with van der Waals surface area (Å²) < 4.78 is 16.4. The number of para-hydroxylation sites is 2. The first kappa shape index (κ1) is 20.4. The Balaban J connectivity index is 1.42. The minimum atomic E-state index is -0.306. The third kappa shape index (κ3) is 5.21. The number of benzene rings is 3. The summed E-state index contributed by atoms with van der Waals surface area (Å²) in [5, 5.41) is 7.16. The molecule has 0 saturated carbocycles. The zero-order chi connectivity index (χ0) is 21.6. The zero-order valence-electron chi connectivity index (χ0n) is 16.5. The van der Waals surface area contributed by atoms with Gasteiger partial charge in [0.15, 0.2) is 6.61 Å². The number of carbonyl (C=O) groups excluding carboxylic acids is 1. The van der Waals surface area contributed by atoms with Crippen LogP contribution in [0.5, 0.6) is 17.2 Å². The fraction of sp³-hybridized carbons (Fsp3) is 0.0870. The van der Waals surface area contributed by atoms with Gasteiger partial charge in [-0.15, -0.1) is 0 Å². The second-order valence-corrected chi connectivity index (χ2v) is 6.93. The van der Waals surface area contributed by atoms with Crippen LogP contribution in [0.25, 0.3) is 0 Å². The van der Waals surface area contributed by atoms with E-state index in [1.807, 2.05) is 12.1 Å². The number of carbonyl (C=O) groups is 1. The fourth-order valence-corrected chi connectivity index (χ4v) is 2.96. The molecule has 0 spiro atoms. The third-order valence-corrected chi connectivity index (χ3v) is 4.55. The van der Waals surface area contributed by atoms with Crippen molar-refractivity contribution in [2.45, 2.75) is 13.5 Å². The molecule has 0 bridgehead atoms. The van der Waals surface area contributed by atoms with Crippen molar-refractivity contribution in [3.63, 3.8) is 0 Å². The SMILES string of the molecule is Cc1nc(COc2ccccc2C(=O)Nc2ccc(Oc3ccccc3Cl)cc2)no1. The molecule has 31 heavy (non-hydrogen) atoms. The highest BCUT2D eigenvalue weighted by molar-refractivity contribution is 6.32. The van der Waals surface area contributed by atoms with E-state index in [2.05, 4.69) is 15.5 Å². The van der Waals surface area contributed by atoms with Gasteiger partial charge in [-0.05, 0) is 48.5 Å². The molecule has 7 nitrogen and oxygen atoms in total. The number of hydrogen-bond donors (Lipinski definition) is 1. The van der Waals surface area contributed by atoms with E-state index in [1.165, 1.54) is 0 Å². The van der Waals surface area contributed by atoms with Crippen LogP contribution < -0.4 is 14.8 Å². The van der Waals surface area contributed by atoms with E-state index in [-0.39, 0.29) is 12.5 Å². The van der Waals surface area contributed by atoms with Gasteiger partial charge in [-0.25, -0.2) is 0 Å². The molecule has 1 amide bonds. The largest absolute Gasteiger partial charge is 0.485 e. The minimum absolute atomic E-state index is 0.0930. The van der Waals surface area contributed by atoms with Crippen LogP contribution in [-0.2, 0) is 6.61 Å². The Kier molecular flexibility index (Phi) is 6.14. The molecule has 0 aliphatic heterocycles. The van der Waals surface area contributed by atoms with Crippen LogP contribution in [0.4, 0.5) is 5.69 Å². The normalized spacial score (nSPS) is 10.5. The molecule has 0 fully saturated rings. The second kappa shape index (κ2) is 9.32. The summed E-state index contributed by atoms with van der Waals surface area (Å²) >= 11 is 6.12. The number of halogens is 1. The molecule has 156 valence electrons. The molecule has 3 aromatic carbocycles. The van der Waals surface area contributed by atoms with Gasteiger partial charge in [0.1, 0.15) is 17.2 Å². The van der Waals surface area contributed by atoms with Crippen molar-refractivity contribution >= 4 is 23.2 Å². The van der Waals surface area contributed by atoms with Crippen molar-refractivity contribution in [2.24, 2.45) is 0 Å². The summed E-state index contributed by atoms with van der Waals surface area (Å²) in [7, 11) is 0. The summed E-state index contributed by atoms with van der Waals surface area (Å²) in [5.41, 5.74) is 0.999. The maximum absolute atomic E-state index is 12.8. The molecule has 1 heterocycles. The molecule has 0 aliphatic carbocycles. The first-order valence-corrected chi connectivity index (χ1v) is 9.81. The highest BCUT2D eigenvalue weighted by Gasteiger charge is 2.14. The summed E-state index contributed by atoms with van der Waals surface area (Å²) in [4.78, 5) is 16.9. The molecule has 1 aromatic heterocycles. The highest BCUT2D eigenvalue weighted by Crippen LogP contribution is 2.29. The Morgan fingerprint density at radius 1 is 1.00 bits per heavy atom. The lowest BCUT2D eigenvalue weighted by atomic mass is 10.2. The van der Waals surface area contributed by atoms with E-state index in [4.69, 9.17) is 25.6 Å². The predicted molar refractivity (Wildman–Crippen MR) is 116 cm³/mol. The molecule has 4 rings (SSSR count). The molecule has 0 radical (unpaired) electrons. The van der Waals surface area contributed by atoms with Gasteiger partial charge in [-0.3, -0.25) is 4.79 Å². The average molecular weight is 436 g/mol. The zero-order valence-corrected chi connectivity index (χ0v) is 17.3. The number of nitrogens with zero attached hydrogens (tertiary/aromatic N) is 2. The standard InChI is InChI=1S/C23H18ClN3O4/c1-15-25-22(27-31-15)14-29-20-8-4-2-6-18(20)23(28)26-16-10-12-17(13-11-16)30-21-9-5-3-7-19(21)24/h2-13H,14H2,1H3,(H,26,28). The monoisotopic (exact) mass is 435 g/mol. The van der Waals surface area contributed by atoms with Gasteiger partial charge >= 0.3 is 0 Å². The molecular formula is C23H18ClN3O4. The number of anilines is 1.